The maximum Gasteiger partial charge on any atom is 0.220 e. The van der Waals surface area contributed by atoms with E-state index in [1.807, 2.05) is 25.6 Å². The van der Waals surface area contributed by atoms with Gasteiger partial charge in [0.15, 0.2) is 0 Å². The highest BCUT2D eigenvalue weighted by Gasteiger charge is 2.02. The predicted molar refractivity (Wildman–Crippen MR) is 78.6 cm³/mol. The third-order valence-corrected chi connectivity index (χ3v) is 3.40. The van der Waals surface area contributed by atoms with E-state index >= 15 is 0 Å². The first-order valence-corrected chi connectivity index (χ1v) is 8.34. The van der Waals surface area contributed by atoms with Gasteiger partial charge in [0.1, 0.15) is 0 Å². The molecule has 102 valence electrons. The van der Waals surface area contributed by atoms with E-state index in [0.717, 1.165) is 6.42 Å². The summed E-state index contributed by atoms with van der Waals surface area (Å²) in [5, 5.41) is 2.93. The minimum Gasteiger partial charge on any atom is -0.354 e. The normalized spacial score (nSPS) is 10.8. The molecule has 0 aliphatic carbocycles. The molecule has 0 aliphatic heterocycles. The average molecular weight is 259 g/mol. The van der Waals surface area contributed by atoms with Crippen LogP contribution in [0.2, 0.25) is 0 Å². The van der Waals surface area contributed by atoms with Gasteiger partial charge in [0.2, 0.25) is 5.91 Å². The first kappa shape index (κ1) is 16.8. The van der Waals surface area contributed by atoms with Crippen LogP contribution in [0.1, 0.15) is 65.2 Å². The van der Waals surface area contributed by atoms with Crippen LogP contribution >= 0.6 is 11.8 Å². The van der Waals surface area contributed by atoms with Gasteiger partial charge < -0.3 is 5.32 Å². The van der Waals surface area contributed by atoms with Crippen LogP contribution in [0.25, 0.3) is 0 Å². The summed E-state index contributed by atoms with van der Waals surface area (Å²) in [6.45, 7) is 4.01. The zero-order valence-corrected chi connectivity index (χ0v) is 12.6. The number of hydrogen-bond donors (Lipinski definition) is 1. The largest absolute Gasteiger partial charge is 0.354 e. The Labute approximate surface area is 111 Å². The second-order valence-corrected chi connectivity index (χ2v) is 5.93. The highest BCUT2D eigenvalue weighted by atomic mass is 32.2. The molecule has 0 radical (unpaired) electrons. The summed E-state index contributed by atoms with van der Waals surface area (Å²) in [4.78, 5) is 11.3. The Morgan fingerprint density at radius 3 is 2.06 bits per heavy atom. The molecule has 0 aromatic carbocycles. The summed E-state index contributed by atoms with van der Waals surface area (Å²) >= 11 is 1.94. The van der Waals surface area contributed by atoms with Gasteiger partial charge in [0, 0.05) is 12.5 Å². The van der Waals surface area contributed by atoms with Crippen LogP contribution in [0, 0.1) is 0 Å². The molecule has 0 saturated carbocycles. The predicted octanol–water partition coefficient (Wildman–Crippen LogP) is 3.99. The molecule has 0 heterocycles. The molecule has 0 aromatic rings. The molecule has 1 N–H and O–H groups in total. The molecule has 0 bridgehead atoms. The maximum atomic E-state index is 11.3. The molecule has 0 aliphatic rings. The molecule has 0 spiro atoms. The van der Waals surface area contributed by atoms with Crippen molar-refractivity contribution in [3.05, 3.63) is 0 Å². The van der Waals surface area contributed by atoms with Crippen molar-refractivity contribution >= 4 is 17.7 Å². The van der Waals surface area contributed by atoms with Crippen LogP contribution in [-0.2, 0) is 4.79 Å². The van der Waals surface area contributed by atoms with Gasteiger partial charge in [-0.3, -0.25) is 4.79 Å². The number of carbonyl (C=O) groups is 1. The summed E-state index contributed by atoms with van der Waals surface area (Å²) in [6, 6.07) is 0.277. The number of thioether (sulfide) groups is 1. The monoisotopic (exact) mass is 259 g/mol. The Morgan fingerprint density at radius 1 is 1.00 bits per heavy atom. The Bertz CT molecular complexity index is 183. The van der Waals surface area contributed by atoms with Gasteiger partial charge in [-0.05, 0) is 38.7 Å². The van der Waals surface area contributed by atoms with Crippen molar-refractivity contribution in [3.8, 4) is 0 Å². The summed E-state index contributed by atoms with van der Waals surface area (Å²) in [7, 11) is 0. The molecule has 0 atom stereocenters. The fourth-order valence-electron chi connectivity index (χ4n) is 1.81. The third kappa shape index (κ3) is 13.8. The van der Waals surface area contributed by atoms with Gasteiger partial charge in [-0.2, -0.15) is 11.8 Å². The van der Waals surface area contributed by atoms with Gasteiger partial charge in [-0.25, -0.2) is 0 Å². The molecule has 3 heteroatoms. The van der Waals surface area contributed by atoms with Gasteiger partial charge in [-0.1, -0.05) is 32.1 Å². The Kier molecular flexibility index (Phi) is 12.2. The highest BCUT2D eigenvalue weighted by molar-refractivity contribution is 7.98. The third-order valence-electron chi connectivity index (χ3n) is 2.70. The van der Waals surface area contributed by atoms with E-state index in [1.54, 1.807) is 0 Å². The molecule has 0 unspecified atom stereocenters. The number of rotatable bonds is 11. The average Bonchev–Trinajstić information content (AvgIpc) is 2.26. The molecule has 2 nitrogen and oxygen atoms in total. The van der Waals surface area contributed by atoms with Gasteiger partial charge >= 0.3 is 0 Å². The second-order valence-electron chi connectivity index (χ2n) is 4.94. The standard InChI is InChI=1S/C14H29NOS/c1-13(2)15-14(16)11-9-7-5-4-6-8-10-12-17-3/h13H,4-12H2,1-3H3,(H,15,16). The molecular formula is C14H29NOS. The Hall–Kier alpha value is -0.180. The number of hydrogen-bond acceptors (Lipinski definition) is 2. The zero-order chi connectivity index (χ0) is 12.9. The van der Waals surface area contributed by atoms with Crippen molar-refractivity contribution in [3.63, 3.8) is 0 Å². The minimum absolute atomic E-state index is 0.208. The summed E-state index contributed by atoms with van der Waals surface area (Å²) in [5.41, 5.74) is 0. The van der Waals surface area contributed by atoms with Crippen molar-refractivity contribution in [1.82, 2.24) is 5.32 Å². The number of carbonyl (C=O) groups excluding carboxylic acids is 1. The number of unbranched alkanes of at least 4 members (excludes halogenated alkanes) is 6. The van der Waals surface area contributed by atoms with Crippen molar-refractivity contribution in [2.45, 2.75) is 71.3 Å². The van der Waals surface area contributed by atoms with E-state index in [-0.39, 0.29) is 11.9 Å². The molecule has 0 aromatic heterocycles. The minimum atomic E-state index is 0.208. The van der Waals surface area contributed by atoms with Crippen LogP contribution in [0.15, 0.2) is 0 Å². The van der Waals surface area contributed by atoms with E-state index < -0.39 is 0 Å². The molecule has 0 saturated heterocycles. The topological polar surface area (TPSA) is 29.1 Å². The molecule has 17 heavy (non-hydrogen) atoms. The van der Waals surface area contributed by atoms with E-state index in [4.69, 9.17) is 0 Å². The van der Waals surface area contributed by atoms with Crippen molar-refractivity contribution in [2.24, 2.45) is 0 Å². The van der Waals surface area contributed by atoms with Crippen molar-refractivity contribution in [1.29, 1.82) is 0 Å². The van der Waals surface area contributed by atoms with Crippen LogP contribution in [-0.4, -0.2) is 24.0 Å². The Balaban J connectivity index is 3.10. The smallest absolute Gasteiger partial charge is 0.220 e. The lowest BCUT2D eigenvalue weighted by atomic mass is 10.1. The summed E-state index contributed by atoms with van der Waals surface area (Å²) < 4.78 is 0. The van der Waals surface area contributed by atoms with Crippen molar-refractivity contribution in [2.75, 3.05) is 12.0 Å². The summed E-state index contributed by atoms with van der Waals surface area (Å²) in [5.74, 6) is 1.51. The molecule has 0 rings (SSSR count). The summed E-state index contributed by atoms with van der Waals surface area (Å²) in [6.07, 6.45) is 11.8. The van der Waals surface area contributed by atoms with Crippen LogP contribution < -0.4 is 5.32 Å². The lowest BCUT2D eigenvalue weighted by molar-refractivity contribution is -0.121. The van der Waals surface area contributed by atoms with Gasteiger partial charge in [0.05, 0.1) is 0 Å². The fraction of sp³-hybridized carbons (Fsp3) is 0.929. The maximum absolute atomic E-state index is 11.3. The molecule has 0 fully saturated rings. The van der Waals surface area contributed by atoms with Gasteiger partial charge in [-0.15, -0.1) is 0 Å². The van der Waals surface area contributed by atoms with E-state index in [1.165, 1.54) is 44.3 Å². The fourth-order valence-corrected chi connectivity index (χ4v) is 2.30. The molecule has 1 amide bonds. The van der Waals surface area contributed by atoms with Gasteiger partial charge in [0.25, 0.3) is 0 Å². The number of amides is 1. The highest BCUT2D eigenvalue weighted by Crippen LogP contribution is 2.10. The Morgan fingerprint density at radius 2 is 1.53 bits per heavy atom. The quantitative estimate of drug-likeness (QED) is 0.568. The first-order chi connectivity index (χ1) is 8.16. The lowest BCUT2D eigenvalue weighted by Crippen LogP contribution is -2.29. The van der Waals surface area contributed by atoms with E-state index in [0.29, 0.717) is 6.42 Å². The zero-order valence-electron chi connectivity index (χ0n) is 11.8. The SMILES string of the molecule is CSCCCCCCCCCC(=O)NC(C)C. The van der Waals surface area contributed by atoms with E-state index in [9.17, 15) is 4.79 Å². The second kappa shape index (κ2) is 12.3. The van der Waals surface area contributed by atoms with Crippen LogP contribution in [0.3, 0.4) is 0 Å². The van der Waals surface area contributed by atoms with E-state index in [2.05, 4.69) is 11.6 Å². The van der Waals surface area contributed by atoms with Crippen molar-refractivity contribution < 1.29 is 4.79 Å². The number of nitrogens with one attached hydrogen (secondary N) is 1. The lowest BCUT2D eigenvalue weighted by Gasteiger charge is -2.07. The van der Waals surface area contributed by atoms with Crippen LogP contribution in [0.5, 0.6) is 0 Å². The van der Waals surface area contributed by atoms with Crippen LogP contribution in [0.4, 0.5) is 0 Å². The first-order valence-electron chi connectivity index (χ1n) is 6.95. The molecular weight excluding hydrogens is 230 g/mol.